The molecular formula is C16H21NO3. The second-order valence-electron chi connectivity index (χ2n) is 5.40. The lowest BCUT2D eigenvalue weighted by Crippen LogP contribution is -2.32. The molecule has 1 aromatic carbocycles. The Morgan fingerprint density at radius 1 is 1.25 bits per heavy atom. The molecule has 1 aliphatic carbocycles. The van der Waals surface area contributed by atoms with E-state index in [0.29, 0.717) is 19.8 Å². The van der Waals surface area contributed by atoms with Crippen molar-refractivity contribution in [3.05, 3.63) is 35.4 Å². The zero-order chi connectivity index (χ0) is 13.9. The lowest BCUT2D eigenvalue weighted by atomic mass is 10.1. The molecule has 0 bridgehead atoms. The summed E-state index contributed by atoms with van der Waals surface area (Å²) in [5, 5.41) is 0. The first-order chi connectivity index (χ1) is 9.79. The van der Waals surface area contributed by atoms with Crippen molar-refractivity contribution in [3.8, 4) is 0 Å². The second-order valence-corrected chi connectivity index (χ2v) is 5.40. The van der Waals surface area contributed by atoms with E-state index in [1.54, 1.807) is 0 Å². The van der Waals surface area contributed by atoms with Gasteiger partial charge in [0.2, 0.25) is 5.91 Å². The number of carbonyl (C=O) groups excluding carboxylic acids is 1. The fourth-order valence-electron chi connectivity index (χ4n) is 2.59. The third-order valence-corrected chi connectivity index (χ3v) is 3.91. The van der Waals surface area contributed by atoms with Crippen LogP contribution in [0.5, 0.6) is 0 Å². The number of benzene rings is 1. The molecule has 20 heavy (non-hydrogen) atoms. The number of amides is 1. The monoisotopic (exact) mass is 275 g/mol. The van der Waals surface area contributed by atoms with Crippen LogP contribution < -0.4 is 0 Å². The lowest BCUT2D eigenvalue weighted by Gasteiger charge is -2.23. The Kier molecular flexibility index (Phi) is 4.03. The van der Waals surface area contributed by atoms with Gasteiger partial charge in [-0.25, -0.2) is 0 Å². The first-order valence-electron chi connectivity index (χ1n) is 7.39. The van der Waals surface area contributed by atoms with Crippen molar-refractivity contribution < 1.29 is 14.3 Å². The average molecular weight is 275 g/mol. The van der Waals surface area contributed by atoms with Crippen LogP contribution in [0.2, 0.25) is 0 Å². The summed E-state index contributed by atoms with van der Waals surface area (Å²) in [5.41, 5.74) is 2.17. The second kappa shape index (κ2) is 5.94. The smallest absolute Gasteiger partial charge is 0.225 e. The predicted molar refractivity (Wildman–Crippen MR) is 74.9 cm³/mol. The summed E-state index contributed by atoms with van der Waals surface area (Å²) in [4.78, 5) is 14.2. The van der Waals surface area contributed by atoms with Gasteiger partial charge in [0.15, 0.2) is 6.29 Å². The molecule has 0 radical (unpaired) electrons. The standard InChI is InChI=1S/C16H21NO3/c1-2-17(15(18)12-7-8-12)11-13-5-3-4-6-14(13)16-19-9-10-20-16/h3-6,12,16H,2,7-11H2,1H3. The number of ether oxygens (including phenoxy) is 2. The molecule has 2 fully saturated rings. The highest BCUT2D eigenvalue weighted by molar-refractivity contribution is 5.81. The summed E-state index contributed by atoms with van der Waals surface area (Å²) in [6.07, 6.45) is 1.82. The Hall–Kier alpha value is -1.39. The Morgan fingerprint density at radius 3 is 2.60 bits per heavy atom. The molecule has 1 saturated carbocycles. The quantitative estimate of drug-likeness (QED) is 0.828. The molecule has 4 nitrogen and oxygen atoms in total. The third kappa shape index (κ3) is 2.86. The van der Waals surface area contributed by atoms with Gasteiger partial charge in [0.25, 0.3) is 0 Å². The molecule has 2 aliphatic rings. The van der Waals surface area contributed by atoms with Crippen LogP contribution in [0.3, 0.4) is 0 Å². The fourth-order valence-corrected chi connectivity index (χ4v) is 2.59. The van der Waals surface area contributed by atoms with Gasteiger partial charge >= 0.3 is 0 Å². The fraction of sp³-hybridized carbons (Fsp3) is 0.562. The van der Waals surface area contributed by atoms with Gasteiger partial charge in [-0.2, -0.15) is 0 Å². The zero-order valence-corrected chi connectivity index (χ0v) is 11.9. The van der Waals surface area contributed by atoms with E-state index in [4.69, 9.17) is 9.47 Å². The summed E-state index contributed by atoms with van der Waals surface area (Å²) in [6.45, 7) is 4.70. The first-order valence-corrected chi connectivity index (χ1v) is 7.39. The maximum Gasteiger partial charge on any atom is 0.225 e. The molecule has 0 unspecified atom stereocenters. The molecule has 1 saturated heterocycles. The highest BCUT2D eigenvalue weighted by Crippen LogP contribution is 2.32. The van der Waals surface area contributed by atoms with Crippen molar-refractivity contribution in [2.24, 2.45) is 5.92 Å². The Labute approximate surface area is 119 Å². The third-order valence-electron chi connectivity index (χ3n) is 3.91. The van der Waals surface area contributed by atoms with Gasteiger partial charge in [-0.3, -0.25) is 4.79 Å². The van der Waals surface area contributed by atoms with E-state index in [0.717, 1.165) is 30.5 Å². The topological polar surface area (TPSA) is 38.8 Å². The number of hydrogen-bond acceptors (Lipinski definition) is 3. The average Bonchev–Trinajstić information content (AvgIpc) is 3.19. The maximum absolute atomic E-state index is 12.2. The molecule has 1 amide bonds. The van der Waals surface area contributed by atoms with Crippen molar-refractivity contribution in [1.29, 1.82) is 0 Å². The first kappa shape index (κ1) is 13.6. The van der Waals surface area contributed by atoms with Crippen molar-refractivity contribution in [1.82, 2.24) is 4.90 Å². The molecule has 1 heterocycles. The molecule has 4 heteroatoms. The van der Waals surface area contributed by atoms with Gasteiger partial charge in [-0.05, 0) is 25.3 Å². The molecule has 3 rings (SSSR count). The van der Waals surface area contributed by atoms with Crippen LogP contribution in [0.4, 0.5) is 0 Å². The van der Waals surface area contributed by atoms with Crippen LogP contribution in [0.15, 0.2) is 24.3 Å². The van der Waals surface area contributed by atoms with Crippen LogP contribution >= 0.6 is 0 Å². The van der Waals surface area contributed by atoms with Gasteiger partial charge in [0.1, 0.15) is 0 Å². The Bertz CT molecular complexity index is 478. The minimum atomic E-state index is -0.277. The van der Waals surface area contributed by atoms with E-state index in [1.807, 2.05) is 30.0 Å². The van der Waals surface area contributed by atoms with Gasteiger partial charge in [-0.15, -0.1) is 0 Å². The van der Waals surface area contributed by atoms with E-state index in [2.05, 4.69) is 6.07 Å². The molecule has 108 valence electrons. The largest absolute Gasteiger partial charge is 0.346 e. The maximum atomic E-state index is 12.2. The highest BCUT2D eigenvalue weighted by atomic mass is 16.7. The summed E-state index contributed by atoms with van der Waals surface area (Å²) in [5.74, 6) is 0.552. The summed E-state index contributed by atoms with van der Waals surface area (Å²) in [6, 6.07) is 8.08. The van der Waals surface area contributed by atoms with Gasteiger partial charge in [0, 0.05) is 24.6 Å². The summed E-state index contributed by atoms with van der Waals surface area (Å²) in [7, 11) is 0. The van der Waals surface area contributed by atoms with Crippen LogP contribution in [-0.4, -0.2) is 30.6 Å². The number of hydrogen-bond donors (Lipinski definition) is 0. The normalized spacial score (nSPS) is 19.2. The number of nitrogens with zero attached hydrogens (tertiary/aromatic N) is 1. The summed E-state index contributed by atoms with van der Waals surface area (Å²) >= 11 is 0. The van der Waals surface area contributed by atoms with Crippen LogP contribution in [0.25, 0.3) is 0 Å². The molecular weight excluding hydrogens is 254 g/mol. The van der Waals surface area contributed by atoms with Crippen molar-refractivity contribution in [3.63, 3.8) is 0 Å². The Morgan fingerprint density at radius 2 is 1.95 bits per heavy atom. The summed E-state index contributed by atoms with van der Waals surface area (Å²) < 4.78 is 11.2. The lowest BCUT2D eigenvalue weighted by molar-refractivity contribution is -0.133. The van der Waals surface area contributed by atoms with E-state index in [1.165, 1.54) is 0 Å². The SMILES string of the molecule is CCN(Cc1ccccc1C1OCCO1)C(=O)C1CC1. The minimum absolute atomic E-state index is 0.265. The molecule has 1 aromatic rings. The minimum Gasteiger partial charge on any atom is -0.346 e. The van der Waals surface area contributed by atoms with E-state index < -0.39 is 0 Å². The highest BCUT2D eigenvalue weighted by Gasteiger charge is 2.33. The van der Waals surface area contributed by atoms with E-state index in [9.17, 15) is 4.79 Å². The van der Waals surface area contributed by atoms with E-state index >= 15 is 0 Å². The predicted octanol–water partition coefficient (Wildman–Crippen LogP) is 2.49. The van der Waals surface area contributed by atoms with Crippen LogP contribution in [0, 0.1) is 5.92 Å². The Balaban J connectivity index is 1.76. The van der Waals surface area contributed by atoms with Crippen molar-refractivity contribution >= 4 is 5.91 Å². The molecule has 0 atom stereocenters. The van der Waals surface area contributed by atoms with E-state index in [-0.39, 0.29) is 18.1 Å². The number of rotatable bonds is 5. The molecule has 0 N–H and O–H groups in total. The van der Waals surface area contributed by atoms with Gasteiger partial charge in [0.05, 0.1) is 13.2 Å². The molecule has 0 aromatic heterocycles. The van der Waals surface area contributed by atoms with Crippen molar-refractivity contribution in [2.45, 2.75) is 32.6 Å². The zero-order valence-electron chi connectivity index (χ0n) is 11.9. The van der Waals surface area contributed by atoms with Crippen LogP contribution in [0.1, 0.15) is 37.2 Å². The molecule has 1 aliphatic heterocycles. The van der Waals surface area contributed by atoms with Gasteiger partial charge < -0.3 is 14.4 Å². The number of carbonyl (C=O) groups is 1. The van der Waals surface area contributed by atoms with Gasteiger partial charge in [-0.1, -0.05) is 24.3 Å². The molecule has 0 spiro atoms. The van der Waals surface area contributed by atoms with Crippen LogP contribution in [-0.2, 0) is 20.8 Å². The van der Waals surface area contributed by atoms with Crippen molar-refractivity contribution in [2.75, 3.05) is 19.8 Å².